The first-order chi connectivity index (χ1) is 6.81. The zero-order valence-corrected chi connectivity index (χ0v) is 13.2. The summed E-state index contributed by atoms with van der Waals surface area (Å²) in [6.45, 7) is 2.13. The second-order valence-corrected chi connectivity index (χ2v) is 4.26. The van der Waals surface area contributed by atoms with Crippen LogP contribution in [0.15, 0.2) is 35.2 Å². The number of benzene rings is 1. The monoisotopic (exact) mass is 307 g/mol. The first-order valence-corrected chi connectivity index (χ1v) is 5.54. The zero-order valence-electron chi connectivity index (χ0n) is 9.53. The van der Waals surface area contributed by atoms with E-state index >= 15 is 0 Å². The molecule has 0 saturated heterocycles. The van der Waals surface area contributed by atoms with Crippen LogP contribution in [-0.2, 0) is 32.7 Å². The van der Waals surface area contributed by atoms with Gasteiger partial charge in [0.1, 0.15) is 0 Å². The van der Waals surface area contributed by atoms with E-state index in [4.69, 9.17) is 5.73 Å². The topological polar surface area (TPSA) is 36.7 Å². The molecule has 83 valence electrons. The van der Waals surface area contributed by atoms with Gasteiger partial charge in [-0.1, -0.05) is 37.0 Å². The minimum Gasteiger partial charge on any atom is -0.482 e. The summed E-state index contributed by atoms with van der Waals surface area (Å²) in [5, 5.41) is 1.15. The smallest absolute Gasteiger partial charge is 0.0147 e. The van der Waals surface area contributed by atoms with Crippen LogP contribution in [-0.4, -0.2) is 10.7 Å². The fourth-order valence-corrected chi connectivity index (χ4v) is 2.22. The Morgan fingerprint density at radius 2 is 2.00 bits per heavy atom. The van der Waals surface area contributed by atoms with E-state index in [9.17, 15) is 0 Å². The summed E-state index contributed by atoms with van der Waals surface area (Å²) in [6, 6.07) is 9.76. The Morgan fingerprint density at radius 3 is 2.69 bits per heavy atom. The summed E-state index contributed by atoms with van der Waals surface area (Å²) >= 11 is 1.81. The van der Waals surface area contributed by atoms with Gasteiger partial charge in [-0.2, -0.15) is 0 Å². The first kappa shape index (κ1) is 15.9. The first-order valence-electron chi connectivity index (χ1n) is 4.55. The van der Waals surface area contributed by atoms with Gasteiger partial charge in [0, 0.05) is 37.6 Å². The molecule has 1 aromatic carbocycles. The van der Waals surface area contributed by atoms with Crippen LogP contribution in [0.4, 0.5) is 5.82 Å². The van der Waals surface area contributed by atoms with E-state index in [-0.39, 0.29) is 40.1 Å². The van der Waals surface area contributed by atoms with Crippen LogP contribution in [0.2, 0.25) is 0 Å². The number of rotatable bonds is 2. The number of aromatic nitrogens is 1. The third-order valence-electron chi connectivity index (χ3n) is 1.99. The van der Waals surface area contributed by atoms with E-state index in [0.29, 0.717) is 5.82 Å². The zero-order chi connectivity index (χ0) is 9.97. The van der Waals surface area contributed by atoms with Crippen molar-refractivity contribution < 1.29 is 32.7 Å². The summed E-state index contributed by atoms with van der Waals surface area (Å²) in [4.78, 5) is 5.42. The quantitative estimate of drug-likeness (QED) is 0.606. The molecule has 2 aromatic rings. The molecule has 0 aliphatic heterocycles. The molecule has 1 N–H and O–H groups in total. The number of nitrogens with one attached hydrogen (secondary N) is 1. The Bertz CT molecular complexity index is 460. The van der Waals surface area contributed by atoms with Gasteiger partial charge < -0.3 is 18.1 Å². The SMILES string of the molecule is CCSc1cccc2nc([NH-])ccc12.[CH3-].[Y]. The molecule has 1 radical (unpaired) electrons. The van der Waals surface area contributed by atoms with E-state index < -0.39 is 0 Å². The average molecular weight is 307 g/mol. The molecular weight excluding hydrogens is 293 g/mol. The Hall–Kier alpha value is -0.116. The van der Waals surface area contributed by atoms with Crippen molar-refractivity contribution in [3.05, 3.63) is 43.5 Å². The van der Waals surface area contributed by atoms with Crippen molar-refractivity contribution in [2.45, 2.75) is 11.8 Å². The predicted molar refractivity (Wildman–Crippen MR) is 68.5 cm³/mol. The Morgan fingerprint density at radius 1 is 1.25 bits per heavy atom. The maximum Gasteiger partial charge on any atom is 0.0147 e. The number of hydrogen-bond acceptors (Lipinski definition) is 2. The van der Waals surface area contributed by atoms with Gasteiger partial charge >= 0.3 is 0 Å². The van der Waals surface area contributed by atoms with Crippen molar-refractivity contribution in [3.63, 3.8) is 0 Å². The number of pyridine rings is 1. The second-order valence-electron chi connectivity index (χ2n) is 2.95. The van der Waals surface area contributed by atoms with Crippen molar-refractivity contribution in [2.24, 2.45) is 0 Å². The number of hydrogen-bond donors (Lipinski definition) is 0. The summed E-state index contributed by atoms with van der Waals surface area (Å²) in [5.74, 6) is 1.39. The minimum absolute atomic E-state index is 0. The molecular formula is C12H14N2SY-2. The third-order valence-corrected chi connectivity index (χ3v) is 2.95. The summed E-state index contributed by atoms with van der Waals surface area (Å²) in [6.07, 6.45) is 0. The van der Waals surface area contributed by atoms with E-state index in [1.165, 1.54) is 4.90 Å². The second kappa shape index (κ2) is 7.26. The van der Waals surface area contributed by atoms with Crippen molar-refractivity contribution in [1.82, 2.24) is 4.98 Å². The van der Waals surface area contributed by atoms with Crippen LogP contribution in [0, 0.1) is 7.43 Å². The average Bonchev–Trinajstić information content (AvgIpc) is 2.18. The molecule has 0 amide bonds. The van der Waals surface area contributed by atoms with Crippen LogP contribution in [0.25, 0.3) is 16.6 Å². The molecule has 2 nitrogen and oxygen atoms in total. The van der Waals surface area contributed by atoms with E-state index in [1.807, 2.05) is 30.0 Å². The third kappa shape index (κ3) is 3.44. The Balaban J connectivity index is 0.00000112. The molecule has 0 aliphatic rings. The Labute approximate surface area is 126 Å². The van der Waals surface area contributed by atoms with Crippen LogP contribution < -0.4 is 0 Å². The van der Waals surface area contributed by atoms with Gasteiger partial charge in [-0.25, -0.2) is 0 Å². The molecule has 0 bridgehead atoms. The molecule has 16 heavy (non-hydrogen) atoms. The van der Waals surface area contributed by atoms with Gasteiger partial charge in [-0.15, -0.1) is 11.8 Å². The van der Waals surface area contributed by atoms with Crippen molar-refractivity contribution >= 4 is 28.5 Å². The fraction of sp³-hybridized carbons (Fsp3) is 0.167. The van der Waals surface area contributed by atoms with E-state index in [2.05, 4.69) is 18.0 Å². The maximum absolute atomic E-state index is 7.43. The molecule has 0 atom stereocenters. The van der Waals surface area contributed by atoms with Gasteiger partial charge in [0.05, 0.1) is 0 Å². The normalized spacial score (nSPS) is 9.31. The van der Waals surface area contributed by atoms with Gasteiger partial charge in [-0.3, -0.25) is 0 Å². The van der Waals surface area contributed by atoms with Gasteiger partial charge in [0.15, 0.2) is 0 Å². The molecule has 1 aromatic heterocycles. The largest absolute Gasteiger partial charge is 0.482 e. The van der Waals surface area contributed by atoms with Crippen LogP contribution >= 0.6 is 11.8 Å². The maximum atomic E-state index is 7.43. The van der Waals surface area contributed by atoms with Crippen molar-refractivity contribution in [1.29, 1.82) is 0 Å². The molecule has 0 spiro atoms. The Kier molecular flexibility index (Phi) is 7.20. The molecule has 1 heterocycles. The molecule has 0 fully saturated rings. The summed E-state index contributed by atoms with van der Waals surface area (Å²) < 4.78 is 0. The summed E-state index contributed by atoms with van der Waals surface area (Å²) in [5.41, 5.74) is 8.34. The molecule has 4 heteroatoms. The van der Waals surface area contributed by atoms with Crippen LogP contribution in [0.3, 0.4) is 0 Å². The van der Waals surface area contributed by atoms with Gasteiger partial charge in [-0.05, 0) is 22.7 Å². The fourth-order valence-electron chi connectivity index (χ4n) is 1.41. The van der Waals surface area contributed by atoms with Crippen molar-refractivity contribution in [2.75, 3.05) is 5.75 Å². The standard InChI is InChI=1S/C11H11N2S.CH3.Y/c1-2-14-10-5-3-4-9-8(10)6-7-11(12)13-9;;/h3-7H,2H2,1H3,(H-,12,13);1H3;/q2*-1;. The molecule has 0 aliphatic carbocycles. The van der Waals surface area contributed by atoms with Gasteiger partial charge in [0.25, 0.3) is 0 Å². The van der Waals surface area contributed by atoms with Crippen LogP contribution in [0.5, 0.6) is 0 Å². The molecule has 2 rings (SSSR count). The van der Waals surface area contributed by atoms with E-state index in [0.717, 1.165) is 16.7 Å². The van der Waals surface area contributed by atoms with Crippen molar-refractivity contribution in [3.8, 4) is 0 Å². The van der Waals surface area contributed by atoms with Crippen LogP contribution in [0.1, 0.15) is 6.92 Å². The molecule has 0 saturated carbocycles. The van der Waals surface area contributed by atoms with E-state index in [1.54, 1.807) is 6.07 Å². The summed E-state index contributed by atoms with van der Waals surface area (Å²) in [7, 11) is 0. The molecule has 0 unspecified atom stereocenters. The number of nitrogens with zero attached hydrogens (tertiary/aromatic N) is 1. The predicted octanol–water partition coefficient (Wildman–Crippen LogP) is 4.48. The van der Waals surface area contributed by atoms with Gasteiger partial charge in [0.2, 0.25) is 0 Å². The number of thioether (sulfide) groups is 1. The number of fused-ring (bicyclic) bond motifs is 1. The minimum atomic E-state index is 0.